The van der Waals surface area contributed by atoms with E-state index in [2.05, 4.69) is 26.1 Å². The average Bonchev–Trinajstić information content (AvgIpc) is 3.14. The first-order valence-corrected chi connectivity index (χ1v) is 10.3. The van der Waals surface area contributed by atoms with Crippen LogP contribution in [0.3, 0.4) is 0 Å². The molecule has 0 spiro atoms. The highest BCUT2D eigenvalue weighted by atomic mass is 127. The van der Waals surface area contributed by atoms with Gasteiger partial charge in [-0.15, -0.1) is 24.0 Å². The molecule has 0 unspecified atom stereocenters. The number of aromatic nitrogens is 1. The first-order chi connectivity index (χ1) is 14.3. The van der Waals surface area contributed by atoms with Crippen molar-refractivity contribution >= 4 is 41.7 Å². The molecule has 1 heterocycles. The Balaban J connectivity index is 0.00000480. The van der Waals surface area contributed by atoms with Crippen molar-refractivity contribution in [3.8, 4) is 0 Å². The van der Waals surface area contributed by atoms with Crippen molar-refractivity contribution < 1.29 is 14.1 Å². The van der Waals surface area contributed by atoms with Gasteiger partial charge in [0.05, 0.1) is 5.69 Å². The molecule has 8 nitrogen and oxygen atoms in total. The number of hydrogen-bond acceptors (Lipinski definition) is 5. The molecule has 172 valence electrons. The van der Waals surface area contributed by atoms with E-state index >= 15 is 0 Å². The summed E-state index contributed by atoms with van der Waals surface area (Å²) >= 11 is 0. The first-order valence-electron chi connectivity index (χ1n) is 10.3. The fourth-order valence-corrected chi connectivity index (χ4v) is 2.60. The van der Waals surface area contributed by atoms with Crippen molar-refractivity contribution in [1.29, 1.82) is 0 Å². The monoisotopic (exact) mass is 543 g/mol. The second kappa shape index (κ2) is 13.2. The van der Waals surface area contributed by atoms with Crippen LogP contribution in [0.4, 0.5) is 10.5 Å². The Morgan fingerprint density at radius 1 is 1.16 bits per heavy atom. The number of aliphatic imine (C=N–C) groups is 1. The molecule has 3 N–H and O–H groups in total. The Morgan fingerprint density at radius 3 is 2.45 bits per heavy atom. The number of nitrogens with zero attached hydrogens (tertiary/aromatic N) is 2. The Bertz CT molecular complexity index is 828. The molecule has 0 bridgehead atoms. The maximum absolute atomic E-state index is 11.8. The van der Waals surface area contributed by atoms with Crippen molar-refractivity contribution in [2.75, 3.05) is 18.4 Å². The minimum Gasteiger partial charge on any atom is -0.444 e. The van der Waals surface area contributed by atoms with Gasteiger partial charge in [0.15, 0.2) is 11.7 Å². The average molecular weight is 543 g/mol. The molecule has 0 saturated carbocycles. The zero-order valence-electron chi connectivity index (χ0n) is 18.9. The van der Waals surface area contributed by atoms with Gasteiger partial charge >= 0.3 is 6.09 Å². The number of ether oxygens (including phenoxy) is 1. The molecule has 2 rings (SSSR count). The number of guanidine groups is 1. The van der Waals surface area contributed by atoms with Crippen molar-refractivity contribution in [2.24, 2.45) is 4.99 Å². The van der Waals surface area contributed by atoms with Gasteiger partial charge in [-0.1, -0.05) is 24.2 Å². The topological polar surface area (TPSA) is 101 Å². The van der Waals surface area contributed by atoms with E-state index in [1.54, 1.807) is 0 Å². The lowest BCUT2D eigenvalue weighted by Crippen LogP contribution is -2.38. The molecule has 1 aromatic heterocycles. The number of rotatable bonds is 8. The maximum Gasteiger partial charge on any atom is 0.412 e. The highest BCUT2D eigenvalue weighted by Gasteiger charge is 2.16. The fraction of sp³-hybridized carbons (Fsp3) is 0.500. The zero-order chi connectivity index (χ0) is 22.0. The standard InChI is InChI=1S/C22H33N5O3.HI/c1-6-17-14-19(30-27-17)15-25-20(23-7-2)24-13-12-16-8-10-18(11-9-16)26-21(28)29-22(3,4)5;/h8-11,14H,6-7,12-13,15H2,1-5H3,(H,26,28)(H2,23,24,25);1H. The number of halogens is 1. The molecule has 0 aliphatic rings. The lowest BCUT2D eigenvalue weighted by Gasteiger charge is -2.19. The van der Waals surface area contributed by atoms with E-state index < -0.39 is 11.7 Å². The third-order valence-corrected chi connectivity index (χ3v) is 4.01. The normalized spacial score (nSPS) is 11.5. The van der Waals surface area contributed by atoms with Gasteiger partial charge in [0.25, 0.3) is 0 Å². The van der Waals surface area contributed by atoms with Crippen LogP contribution in [-0.4, -0.2) is 35.9 Å². The highest BCUT2D eigenvalue weighted by molar-refractivity contribution is 14.0. The van der Waals surface area contributed by atoms with Crippen LogP contribution in [0.2, 0.25) is 0 Å². The van der Waals surface area contributed by atoms with Crippen LogP contribution in [0.15, 0.2) is 39.8 Å². The van der Waals surface area contributed by atoms with Gasteiger partial charge in [0.2, 0.25) is 0 Å². The second-order valence-electron chi connectivity index (χ2n) is 7.83. The Hall–Kier alpha value is -2.30. The summed E-state index contributed by atoms with van der Waals surface area (Å²) in [4.78, 5) is 16.4. The van der Waals surface area contributed by atoms with E-state index in [1.807, 2.05) is 65.0 Å². The number of hydrogen-bond donors (Lipinski definition) is 3. The summed E-state index contributed by atoms with van der Waals surface area (Å²) in [6, 6.07) is 9.64. The van der Waals surface area contributed by atoms with Gasteiger partial charge < -0.3 is 19.9 Å². The minimum atomic E-state index is -0.521. The lowest BCUT2D eigenvalue weighted by atomic mass is 10.1. The molecule has 0 radical (unpaired) electrons. The number of nitrogens with one attached hydrogen (secondary N) is 3. The minimum absolute atomic E-state index is 0. The summed E-state index contributed by atoms with van der Waals surface area (Å²) in [7, 11) is 0. The molecule has 1 amide bonds. The maximum atomic E-state index is 11.8. The number of carbonyl (C=O) groups excluding carboxylic acids is 1. The molecule has 9 heteroatoms. The van der Waals surface area contributed by atoms with E-state index in [0.717, 1.165) is 48.9 Å². The van der Waals surface area contributed by atoms with Crippen LogP contribution in [0.25, 0.3) is 0 Å². The van der Waals surface area contributed by atoms with Crippen LogP contribution in [0.1, 0.15) is 51.6 Å². The number of aryl methyl sites for hydroxylation is 1. The Kier molecular flexibility index (Phi) is 11.4. The molecule has 0 fully saturated rings. The third-order valence-electron chi connectivity index (χ3n) is 4.01. The Labute approximate surface area is 201 Å². The van der Waals surface area contributed by atoms with Gasteiger partial charge in [-0.3, -0.25) is 5.32 Å². The molecule has 2 aromatic rings. The lowest BCUT2D eigenvalue weighted by molar-refractivity contribution is 0.0636. The quantitative estimate of drug-likeness (QED) is 0.258. The molecular formula is C22H34IN5O3. The molecular weight excluding hydrogens is 509 g/mol. The number of anilines is 1. The summed E-state index contributed by atoms with van der Waals surface area (Å²) in [5, 5.41) is 13.3. The van der Waals surface area contributed by atoms with E-state index in [4.69, 9.17) is 9.26 Å². The molecule has 0 aliphatic heterocycles. The Morgan fingerprint density at radius 2 is 1.87 bits per heavy atom. The van der Waals surface area contributed by atoms with Gasteiger partial charge in [-0.05, 0) is 58.2 Å². The zero-order valence-corrected chi connectivity index (χ0v) is 21.3. The van der Waals surface area contributed by atoms with Gasteiger partial charge in [-0.25, -0.2) is 9.79 Å². The second-order valence-corrected chi connectivity index (χ2v) is 7.83. The summed E-state index contributed by atoms with van der Waals surface area (Å²) in [5.41, 5.74) is 2.26. The predicted molar refractivity (Wildman–Crippen MR) is 134 cm³/mol. The van der Waals surface area contributed by atoms with Crippen molar-refractivity contribution in [2.45, 2.75) is 59.6 Å². The first kappa shape index (κ1) is 26.7. The van der Waals surface area contributed by atoms with Crippen LogP contribution in [-0.2, 0) is 24.1 Å². The molecule has 0 atom stereocenters. The predicted octanol–water partition coefficient (Wildman–Crippen LogP) is 4.50. The van der Waals surface area contributed by atoms with E-state index in [0.29, 0.717) is 12.2 Å². The summed E-state index contributed by atoms with van der Waals surface area (Å²) < 4.78 is 10.5. The van der Waals surface area contributed by atoms with Crippen molar-refractivity contribution in [1.82, 2.24) is 15.8 Å². The van der Waals surface area contributed by atoms with Gasteiger partial charge in [0, 0.05) is 24.8 Å². The molecule has 31 heavy (non-hydrogen) atoms. The number of amides is 1. The van der Waals surface area contributed by atoms with Gasteiger partial charge in [-0.2, -0.15) is 0 Å². The smallest absolute Gasteiger partial charge is 0.412 e. The van der Waals surface area contributed by atoms with E-state index in [1.165, 1.54) is 0 Å². The number of benzene rings is 1. The molecule has 0 aliphatic carbocycles. The fourth-order valence-electron chi connectivity index (χ4n) is 2.60. The summed E-state index contributed by atoms with van der Waals surface area (Å²) in [5.74, 6) is 1.48. The van der Waals surface area contributed by atoms with Gasteiger partial charge in [0.1, 0.15) is 12.1 Å². The van der Waals surface area contributed by atoms with E-state index in [9.17, 15) is 4.79 Å². The van der Waals surface area contributed by atoms with Crippen LogP contribution in [0.5, 0.6) is 0 Å². The van der Waals surface area contributed by atoms with Crippen LogP contribution >= 0.6 is 24.0 Å². The van der Waals surface area contributed by atoms with Crippen LogP contribution in [0, 0.1) is 0 Å². The van der Waals surface area contributed by atoms with Crippen LogP contribution < -0.4 is 16.0 Å². The van der Waals surface area contributed by atoms with Crippen molar-refractivity contribution in [3.63, 3.8) is 0 Å². The summed E-state index contributed by atoms with van der Waals surface area (Å²) in [6.45, 7) is 11.5. The number of carbonyl (C=O) groups is 1. The molecule has 1 aromatic carbocycles. The molecule has 0 saturated heterocycles. The van der Waals surface area contributed by atoms with E-state index in [-0.39, 0.29) is 24.0 Å². The largest absolute Gasteiger partial charge is 0.444 e. The SMILES string of the molecule is CCNC(=NCc1cc(CC)no1)NCCc1ccc(NC(=O)OC(C)(C)C)cc1.I. The summed E-state index contributed by atoms with van der Waals surface area (Å²) in [6.07, 6.45) is 1.21. The van der Waals surface area contributed by atoms with Crippen molar-refractivity contribution in [3.05, 3.63) is 47.3 Å². The third kappa shape index (κ3) is 10.5. The highest BCUT2D eigenvalue weighted by Crippen LogP contribution is 2.13.